The fourth-order valence-electron chi connectivity index (χ4n) is 4.31. The summed E-state index contributed by atoms with van der Waals surface area (Å²) in [5.74, 6) is -1.77. The number of benzene rings is 3. The number of rotatable bonds is 10. The zero-order valence-electron chi connectivity index (χ0n) is 23.0. The van der Waals surface area contributed by atoms with Crippen LogP contribution in [0.25, 0.3) is 10.4 Å². The van der Waals surface area contributed by atoms with Crippen LogP contribution < -0.4 is 10.2 Å². The van der Waals surface area contributed by atoms with E-state index >= 15 is 0 Å². The van der Waals surface area contributed by atoms with E-state index in [2.05, 4.69) is 5.32 Å². The maximum atomic E-state index is 14.5. The number of hydrogen-bond donors (Lipinski definition) is 1. The molecular weight excluding hydrogens is 548 g/mol. The average molecular weight is 578 g/mol. The van der Waals surface area contributed by atoms with Crippen molar-refractivity contribution in [1.82, 2.24) is 4.90 Å². The molecule has 0 aliphatic heterocycles. The van der Waals surface area contributed by atoms with Gasteiger partial charge in [0, 0.05) is 41.1 Å². The minimum atomic E-state index is -1.32. The van der Waals surface area contributed by atoms with Gasteiger partial charge < -0.3 is 19.9 Å². The minimum Gasteiger partial charge on any atom is -0.465 e. The Morgan fingerprint density at radius 3 is 2.39 bits per heavy atom. The van der Waals surface area contributed by atoms with Gasteiger partial charge in [-0.05, 0) is 85.5 Å². The molecule has 0 fully saturated rings. The highest BCUT2D eigenvalue weighted by atomic mass is 32.1. The number of likely N-dealkylation sites (N-methyl/N-ethyl adjacent to an activating group) is 1. The molecule has 0 aliphatic rings. The van der Waals surface area contributed by atoms with E-state index in [1.54, 1.807) is 57.3 Å². The Balaban J connectivity index is 1.57. The molecule has 1 aromatic heterocycles. The van der Waals surface area contributed by atoms with Crippen LogP contribution in [0.4, 0.5) is 25.8 Å². The quantitative estimate of drug-likeness (QED) is 0.169. The van der Waals surface area contributed by atoms with Crippen molar-refractivity contribution in [2.45, 2.75) is 25.9 Å². The highest BCUT2D eigenvalue weighted by Crippen LogP contribution is 2.32. The molecule has 0 unspecified atom stereocenters. The normalized spacial score (nSPS) is 11.1. The second-order valence-corrected chi connectivity index (χ2v) is 10.7. The Kier molecular flexibility index (Phi) is 8.83. The van der Waals surface area contributed by atoms with Gasteiger partial charge in [0.2, 0.25) is 6.41 Å². The number of halogens is 2. The molecule has 0 aliphatic carbocycles. The zero-order chi connectivity index (χ0) is 29.7. The number of methoxy groups -OCH3 is 1. The molecule has 10 heteroatoms. The summed E-state index contributed by atoms with van der Waals surface area (Å²) in [5, 5.41) is 4.96. The molecule has 3 aromatic carbocycles. The molecule has 0 radical (unpaired) electrons. The largest absolute Gasteiger partial charge is 0.465 e. The predicted molar refractivity (Wildman–Crippen MR) is 156 cm³/mol. The zero-order valence-corrected chi connectivity index (χ0v) is 23.8. The molecule has 2 amide bonds. The number of amides is 2. The number of esters is 1. The van der Waals surface area contributed by atoms with Crippen molar-refractivity contribution < 1.29 is 27.9 Å². The van der Waals surface area contributed by atoms with Crippen molar-refractivity contribution in [3.05, 3.63) is 101 Å². The molecule has 212 valence electrons. The Morgan fingerprint density at radius 2 is 1.76 bits per heavy atom. The molecule has 0 atom stereocenters. The van der Waals surface area contributed by atoms with Crippen LogP contribution in [0.1, 0.15) is 29.8 Å². The van der Waals surface area contributed by atoms with Crippen LogP contribution in [0.5, 0.6) is 0 Å². The molecule has 7 nitrogen and oxygen atoms in total. The van der Waals surface area contributed by atoms with Crippen LogP contribution in [0.2, 0.25) is 0 Å². The lowest BCUT2D eigenvalue weighted by Crippen LogP contribution is -2.54. The highest BCUT2D eigenvalue weighted by molar-refractivity contribution is 7.13. The third-order valence-corrected chi connectivity index (χ3v) is 7.70. The summed E-state index contributed by atoms with van der Waals surface area (Å²) >= 11 is 1.39. The lowest BCUT2D eigenvalue weighted by molar-refractivity contribution is -0.137. The first-order valence-electron chi connectivity index (χ1n) is 12.6. The fourth-order valence-corrected chi connectivity index (χ4v) is 5.05. The van der Waals surface area contributed by atoms with Crippen LogP contribution in [0.15, 0.2) is 78.2 Å². The molecule has 4 aromatic rings. The molecule has 41 heavy (non-hydrogen) atoms. The average Bonchev–Trinajstić information content (AvgIpc) is 3.51. The monoisotopic (exact) mass is 577 g/mol. The predicted octanol–water partition coefficient (Wildman–Crippen LogP) is 6.62. The number of hydrogen-bond acceptors (Lipinski definition) is 6. The molecule has 1 N–H and O–H groups in total. The topological polar surface area (TPSA) is 79.0 Å². The molecule has 0 saturated carbocycles. The molecule has 0 spiro atoms. The Morgan fingerprint density at radius 1 is 1.02 bits per heavy atom. The van der Waals surface area contributed by atoms with Gasteiger partial charge in [0.15, 0.2) is 0 Å². The van der Waals surface area contributed by atoms with Gasteiger partial charge in [0.05, 0.1) is 12.7 Å². The van der Waals surface area contributed by atoms with E-state index in [1.807, 2.05) is 11.4 Å². The smallest absolute Gasteiger partial charge is 0.337 e. The summed E-state index contributed by atoms with van der Waals surface area (Å²) in [6, 6.07) is 18.6. The lowest BCUT2D eigenvalue weighted by atomic mass is 9.99. The SMILES string of the molecule is COC(=O)c1ccc(Nc2cc(F)ccc2CN(C=O)C(C)(C)C(=O)N(C)c2ccc(F)c(-c3cccs3)c2)cc1. The second-order valence-electron chi connectivity index (χ2n) is 9.79. The highest BCUT2D eigenvalue weighted by Gasteiger charge is 2.37. The van der Waals surface area contributed by atoms with Crippen molar-refractivity contribution in [1.29, 1.82) is 0 Å². The molecule has 4 rings (SSSR count). The number of carbonyl (C=O) groups is 3. The first-order valence-corrected chi connectivity index (χ1v) is 13.5. The van der Waals surface area contributed by atoms with E-state index in [9.17, 15) is 23.2 Å². The summed E-state index contributed by atoms with van der Waals surface area (Å²) in [6.45, 7) is 3.22. The summed E-state index contributed by atoms with van der Waals surface area (Å²) in [6.07, 6.45) is 0.575. The molecule has 1 heterocycles. The molecular formula is C31H29F2N3O4S. The van der Waals surface area contributed by atoms with E-state index in [-0.39, 0.29) is 6.54 Å². The third-order valence-electron chi connectivity index (χ3n) is 6.79. The first kappa shape index (κ1) is 29.4. The first-order chi connectivity index (χ1) is 19.5. The van der Waals surface area contributed by atoms with Gasteiger partial charge in [0.25, 0.3) is 5.91 Å². The Bertz CT molecular complexity index is 1560. The van der Waals surface area contributed by atoms with Crippen molar-refractivity contribution in [3.63, 3.8) is 0 Å². The Labute approximate surface area is 241 Å². The van der Waals surface area contributed by atoms with Gasteiger partial charge in [0.1, 0.15) is 17.2 Å². The summed E-state index contributed by atoms with van der Waals surface area (Å²) in [4.78, 5) is 41.2. The van der Waals surface area contributed by atoms with E-state index in [0.717, 1.165) is 4.88 Å². The van der Waals surface area contributed by atoms with Crippen molar-refractivity contribution in [2.24, 2.45) is 0 Å². The van der Waals surface area contributed by atoms with Crippen LogP contribution >= 0.6 is 11.3 Å². The number of ether oxygens (including phenoxy) is 1. The van der Waals surface area contributed by atoms with Gasteiger partial charge in [-0.15, -0.1) is 11.3 Å². The fraction of sp³-hybridized carbons (Fsp3) is 0.194. The maximum Gasteiger partial charge on any atom is 0.337 e. The van der Waals surface area contributed by atoms with Crippen molar-refractivity contribution in [2.75, 3.05) is 24.4 Å². The van der Waals surface area contributed by atoms with E-state index < -0.39 is 29.0 Å². The Hall–Kier alpha value is -4.57. The minimum absolute atomic E-state index is 0.0111. The van der Waals surface area contributed by atoms with Gasteiger partial charge in [-0.25, -0.2) is 13.6 Å². The molecule has 0 bridgehead atoms. The number of carbonyl (C=O) groups excluding carboxylic acids is 3. The van der Waals surface area contributed by atoms with Gasteiger partial charge in [-0.2, -0.15) is 0 Å². The number of thiophene rings is 1. The van der Waals surface area contributed by atoms with Crippen LogP contribution in [-0.2, 0) is 20.9 Å². The van der Waals surface area contributed by atoms with Gasteiger partial charge in [-0.3, -0.25) is 9.59 Å². The standard InChI is InChI=1S/C31H29F2N3O4S/c1-31(2,30(39)35(3)24-13-14-26(33)25(17-24)28-6-5-15-41-28)36(19-37)18-21-7-10-22(32)16-27(21)34-23-11-8-20(9-12-23)29(38)40-4/h5-17,19,34H,18H2,1-4H3. The second kappa shape index (κ2) is 12.3. The molecule has 0 saturated heterocycles. The van der Waals surface area contributed by atoms with Gasteiger partial charge in [-0.1, -0.05) is 12.1 Å². The van der Waals surface area contributed by atoms with E-state index in [1.165, 1.54) is 58.6 Å². The van der Waals surface area contributed by atoms with Crippen LogP contribution in [-0.4, -0.2) is 42.9 Å². The van der Waals surface area contributed by atoms with Crippen LogP contribution in [0.3, 0.4) is 0 Å². The van der Waals surface area contributed by atoms with E-state index in [0.29, 0.717) is 40.2 Å². The number of anilines is 3. The third kappa shape index (κ3) is 6.44. The van der Waals surface area contributed by atoms with E-state index in [4.69, 9.17) is 4.74 Å². The lowest BCUT2D eigenvalue weighted by Gasteiger charge is -2.37. The summed E-state index contributed by atoms with van der Waals surface area (Å²) < 4.78 is 33.5. The van der Waals surface area contributed by atoms with Crippen molar-refractivity contribution in [3.8, 4) is 10.4 Å². The number of nitrogens with one attached hydrogen (secondary N) is 1. The van der Waals surface area contributed by atoms with Gasteiger partial charge >= 0.3 is 5.97 Å². The number of nitrogens with zero attached hydrogens (tertiary/aromatic N) is 2. The summed E-state index contributed by atoms with van der Waals surface area (Å²) in [5.41, 5.74) is 1.41. The summed E-state index contributed by atoms with van der Waals surface area (Å²) in [7, 11) is 2.86. The van der Waals surface area contributed by atoms with Crippen molar-refractivity contribution >= 4 is 46.7 Å². The van der Waals surface area contributed by atoms with Crippen LogP contribution in [0, 0.1) is 11.6 Å². The maximum absolute atomic E-state index is 14.5.